The van der Waals surface area contributed by atoms with Crippen LogP contribution in [0.15, 0.2) is 12.1 Å². The molecule has 0 aromatic heterocycles. The number of ketones is 1. The summed E-state index contributed by atoms with van der Waals surface area (Å²) in [6.07, 6.45) is 0.950. The van der Waals surface area contributed by atoms with Crippen LogP contribution in [0.2, 0.25) is 0 Å². The Morgan fingerprint density at radius 1 is 1.27 bits per heavy atom. The van der Waals surface area contributed by atoms with E-state index in [1.54, 1.807) is 0 Å². The van der Waals surface area contributed by atoms with E-state index in [1.807, 2.05) is 13.0 Å². The minimum Gasteiger partial charge on any atom is -0.482 e. The molecular formula is C12H14O3. The van der Waals surface area contributed by atoms with Gasteiger partial charge in [-0.2, -0.15) is 0 Å². The minimum absolute atomic E-state index is 0.0244. The maximum Gasteiger partial charge on any atom is 0.207 e. The van der Waals surface area contributed by atoms with Crippen molar-refractivity contribution in [2.24, 2.45) is 0 Å². The van der Waals surface area contributed by atoms with E-state index < -0.39 is 0 Å². The Morgan fingerprint density at radius 2 is 2.00 bits per heavy atom. The molecule has 1 aliphatic rings. The van der Waals surface area contributed by atoms with Crippen LogP contribution in [0.4, 0.5) is 0 Å². The third kappa shape index (κ3) is 1.96. The molecule has 1 heterocycles. The van der Waals surface area contributed by atoms with Gasteiger partial charge in [-0.05, 0) is 30.5 Å². The average Bonchev–Trinajstić information content (AvgIpc) is 2.41. The number of hydrogen-bond acceptors (Lipinski definition) is 3. The Kier molecular flexibility index (Phi) is 2.62. The van der Waals surface area contributed by atoms with Crippen molar-refractivity contribution in [3.05, 3.63) is 23.3 Å². The summed E-state index contributed by atoms with van der Waals surface area (Å²) in [5, 5.41) is 0. The van der Waals surface area contributed by atoms with Gasteiger partial charge in [-0.1, -0.05) is 13.0 Å². The summed E-state index contributed by atoms with van der Waals surface area (Å²) in [6.45, 7) is 4.28. The van der Waals surface area contributed by atoms with E-state index in [9.17, 15) is 4.79 Å². The number of carbonyl (C=O) groups is 1. The second-order valence-corrected chi connectivity index (χ2v) is 3.71. The highest BCUT2D eigenvalue weighted by molar-refractivity contribution is 5.82. The average molecular weight is 206 g/mol. The van der Waals surface area contributed by atoms with Gasteiger partial charge in [0.2, 0.25) is 5.78 Å². The number of rotatable bonds is 1. The highest BCUT2D eigenvalue weighted by atomic mass is 16.5. The van der Waals surface area contributed by atoms with Crippen LogP contribution in [0.25, 0.3) is 0 Å². The molecule has 0 fully saturated rings. The Labute approximate surface area is 89.0 Å². The number of benzene rings is 1. The van der Waals surface area contributed by atoms with Crippen LogP contribution in [0.3, 0.4) is 0 Å². The van der Waals surface area contributed by atoms with Crippen LogP contribution in [0.1, 0.15) is 18.1 Å². The van der Waals surface area contributed by atoms with Crippen molar-refractivity contribution < 1.29 is 14.3 Å². The fourth-order valence-corrected chi connectivity index (χ4v) is 1.66. The van der Waals surface area contributed by atoms with Crippen LogP contribution in [0, 0.1) is 6.92 Å². The summed E-state index contributed by atoms with van der Waals surface area (Å²) >= 11 is 0. The molecular weight excluding hydrogens is 192 g/mol. The highest BCUT2D eigenvalue weighted by Crippen LogP contribution is 2.33. The standard InChI is InChI=1S/C12H14O3/c1-3-9-4-8(2)12-11(5-9)14-6-10(13)7-15-12/h4-5H,3,6-7H2,1-2H3. The lowest BCUT2D eigenvalue weighted by molar-refractivity contribution is -0.122. The van der Waals surface area contributed by atoms with Crippen molar-refractivity contribution >= 4 is 5.78 Å². The molecule has 3 nitrogen and oxygen atoms in total. The molecule has 0 radical (unpaired) electrons. The lowest BCUT2D eigenvalue weighted by Crippen LogP contribution is -2.15. The van der Waals surface area contributed by atoms with Crippen molar-refractivity contribution in [2.45, 2.75) is 20.3 Å². The SMILES string of the molecule is CCc1cc(C)c2c(c1)OCC(=O)CO2. The first kappa shape index (κ1) is 10.0. The van der Waals surface area contributed by atoms with Crippen molar-refractivity contribution in [3.63, 3.8) is 0 Å². The molecule has 80 valence electrons. The lowest BCUT2D eigenvalue weighted by atomic mass is 10.1. The number of Topliss-reactive ketones (excluding diaryl/α,β-unsaturated/α-hetero) is 1. The van der Waals surface area contributed by atoms with Crippen molar-refractivity contribution in [1.29, 1.82) is 0 Å². The molecule has 0 aliphatic carbocycles. The van der Waals surface area contributed by atoms with E-state index in [4.69, 9.17) is 9.47 Å². The Hall–Kier alpha value is -1.51. The first-order valence-electron chi connectivity index (χ1n) is 5.11. The fraction of sp³-hybridized carbons (Fsp3) is 0.417. The van der Waals surface area contributed by atoms with Crippen molar-refractivity contribution in [1.82, 2.24) is 0 Å². The summed E-state index contributed by atoms with van der Waals surface area (Å²) in [5.74, 6) is 1.37. The summed E-state index contributed by atoms with van der Waals surface area (Å²) in [6, 6.07) is 4.01. The van der Waals surface area contributed by atoms with E-state index in [0.717, 1.165) is 12.0 Å². The molecule has 0 saturated carbocycles. The van der Waals surface area contributed by atoms with Gasteiger partial charge in [-0.15, -0.1) is 0 Å². The molecule has 0 amide bonds. The largest absolute Gasteiger partial charge is 0.482 e. The highest BCUT2D eigenvalue weighted by Gasteiger charge is 2.17. The number of hydrogen-bond donors (Lipinski definition) is 0. The molecule has 0 unspecified atom stereocenters. The first-order chi connectivity index (χ1) is 7.20. The lowest BCUT2D eigenvalue weighted by Gasteiger charge is -2.11. The third-order valence-electron chi connectivity index (χ3n) is 2.47. The molecule has 1 aromatic carbocycles. The number of carbonyl (C=O) groups excluding carboxylic acids is 1. The molecule has 0 spiro atoms. The fourth-order valence-electron chi connectivity index (χ4n) is 1.66. The number of aryl methyl sites for hydroxylation is 2. The van der Waals surface area contributed by atoms with Gasteiger partial charge in [0.25, 0.3) is 0 Å². The quantitative estimate of drug-likeness (QED) is 0.704. The number of ether oxygens (including phenoxy) is 2. The Morgan fingerprint density at radius 3 is 2.73 bits per heavy atom. The molecule has 2 rings (SSSR count). The monoisotopic (exact) mass is 206 g/mol. The maximum absolute atomic E-state index is 11.2. The first-order valence-corrected chi connectivity index (χ1v) is 5.11. The van der Waals surface area contributed by atoms with Gasteiger partial charge in [-0.25, -0.2) is 0 Å². The minimum atomic E-state index is -0.0244. The molecule has 3 heteroatoms. The molecule has 15 heavy (non-hydrogen) atoms. The summed E-state index contributed by atoms with van der Waals surface area (Å²) < 4.78 is 10.8. The molecule has 1 aromatic rings. The van der Waals surface area contributed by atoms with Gasteiger partial charge in [0.1, 0.15) is 0 Å². The second kappa shape index (κ2) is 3.93. The van der Waals surface area contributed by atoms with Crippen LogP contribution in [-0.2, 0) is 11.2 Å². The van der Waals surface area contributed by atoms with Gasteiger partial charge in [0, 0.05) is 0 Å². The number of fused-ring (bicyclic) bond motifs is 1. The van der Waals surface area contributed by atoms with Crippen molar-refractivity contribution in [3.8, 4) is 11.5 Å². The normalized spacial score (nSPS) is 14.9. The zero-order chi connectivity index (χ0) is 10.8. The van der Waals surface area contributed by atoms with Gasteiger partial charge in [0.05, 0.1) is 0 Å². The molecule has 1 aliphatic heterocycles. The zero-order valence-electron chi connectivity index (χ0n) is 9.00. The van der Waals surface area contributed by atoms with Crippen LogP contribution >= 0.6 is 0 Å². The van der Waals surface area contributed by atoms with Crippen LogP contribution in [-0.4, -0.2) is 19.0 Å². The molecule has 0 saturated heterocycles. The third-order valence-corrected chi connectivity index (χ3v) is 2.47. The summed E-state index contributed by atoms with van der Waals surface area (Å²) in [4.78, 5) is 11.2. The molecule has 0 bridgehead atoms. The van der Waals surface area contributed by atoms with Crippen molar-refractivity contribution in [2.75, 3.05) is 13.2 Å². The van der Waals surface area contributed by atoms with E-state index in [-0.39, 0.29) is 19.0 Å². The van der Waals surface area contributed by atoms with Gasteiger partial charge < -0.3 is 9.47 Å². The van der Waals surface area contributed by atoms with Crippen LogP contribution in [0.5, 0.6) is 11.5 Å². The Bertz CT molecular complexity index is 396. The summed E-state index contributed by atoms with van der Waals surface area (Å²) in [7, 11) is 0. The summed E-state index contributed by atoms with van der Waals surface area (Å²) in [5.41, 5.74) is 2.23. The van der Waals surface area contributed by atoms with Gasteiger partial charge in [0.15, 0.2) is 24.7 Å². The van der Waals surface area contributed by atoms with E-state index in [1.165, 1.54) is 5.56 Å². The zero-order valence-corrected chi connectivity index (χ0v) is 9.00. The predicted octanol–water partition coefficient (Wildman–Crippen LogP) is 1.90. The molecule has 0 atom stereocenters. The predicted molar refractivity (Wildman–Crippen MR) is 56.6 cm³/mol. The second-order valence-electron chi connectivity index (χ2n) is 3.71. The van der Waals surface area contributed by atoms with Crippen LogP contribution < -0.4 is 9.47 Å². The Balaban J connectivity index is 2.42. The molecule has 0 N–H and O–H groups in total. The van der Waals surface area contributed by atoms with E-state index in [0.29, 0.717) is 11.5 Å². The van der Waals surface area contributed by atoms with E-state index in [2.05, 4.69) is 13.0 Å². The smallest absolute Gasteiger partial charge is 0.207 e. The van der Waals surface area contributed by atoms with E-state index >= 15 is 0 Å². The maximum atomic E-state index is 11.2. The van der Waals surface area contributed by atoms with Gasteiger partial charge in [-0.3, -0.25) is 4.79 Å². The topological polar surface area (TPSA) is 35.5 Å². The van der Waals surface area contributed by atoms with Gasteiger partial charge >= 0.3 is 0 Å².